The molecule has 0 aliphatic heterocycles. The third-order valence-corrected chi connectivity index (χ3v) is 5.42. The normalized spacial score (nSPS) is 12.6. The van der Waals surface area contributed by atoms with Crippen molar-refractivity contribution in [2.24, 2.45) is 0 Å². The highest BCUT2D eigenvalue weighted by atomic mass is 16.3. The van der Waals surface area contributed by atoms with Crippen molar-refractivity contribution in [3.8, 4) is 0 Å². The number of aliphatic hydroxyl groups is 2. The molecule has 0 radical (unpaired) electrons. The molecule has 0 saturated carbocycles. The molecule has 0 spiro atoms. The van der Waals surface area contributed by atoms with E-state index in [2.05, 4.69) is 12.2 Å². The lowest BCUT2D eigenvalue weighted by atomic mass is 10.0. The molecule has 3 heteroatoms. The van der Waals surface area contributed by atoms with Gasteiger partial charge in [-0.15, -0.1) is 0 Å². The first kappa shape index (κ1) is 25.9. The molecule has 26 heavy (non-hydrogen) atoms. The Labute approximate surface area is 164 Å². The summed E-state index contributed by atoms with van der Waals surface area (Å²) in [5.74, 6) is 0. The zero-order valence-electron chi connectivity index (χ0n) is 17.8. The van der Waals surface area contributed by atoms with Crippen molar-refractivity contribution in [3.05, 3.63) is 0 Å². The van der Waals surface area contributed by atoms with Crippen LogP contribution in [0.2, 0.25) is 0 Å². The molecule has 0 aliphatic carbocycles. The second kappa shape index (κ2) is 22.9. The SMILES string of the molecule is CCCCCCCCCCCCCCCCCCCC(CO)NCCO. The molecule has 0 heterocycles. The first-order valence-electron chi connectivity index (χ1n) is 11.8. The Morgan fingerprint density at radius 2 is 0.962 bits per heavy atom. The second-order valence-electron chi connectivity index (χ2n) is 8.00. The minimum atomic E-state index is 0.148. The smallest absolute Gasteiger partial charge is 0.0584 e. The van der Waals surface area contributed by atoms with Gasteiger partial charge < -0.3 is 15.5 Å². The van der Waals surface area contributed by atoms with Gasteiger partial charge in [0.25, 0.3) is 0 Å². The highest BCUT2D eigenvalue weighted by Crippen LogP contribution is 2.14. The van der Waals surface area contributed by atoms with Crippen LogP contribution in [0.1, 0.15) is 122 Å². The van der Waals surface area contributed by atoms with Gasteiger partial charge >= 0.3 is 0 Å². The van der Waals surface area contributed by atoms with Gasteiger partial charge in [-0.2, -0.15) is 0 Å². The Morgan fingerprint density at radius 3 is 1.31 bits per heavy atom. The van der Waals surface area contributed by atoms with E-state index in [0.29, 0.717) is 6.54 Å². The van der Waals surface area contributed by atoms with E-state index in [0.717, 1.165) is 6.42 Å². The largest absolute Gasteiger partial charge is 0.395 e. The molecule has 0 fully saturated rings. The van der Waals surface area contributed by atoms with E-state index in [4.69, 9.17) is 5.11 Å². The Balaban J connectivity index is 3.11. The molecule has 3 nitrogen and oxygen atoms in total. The average molecular weight is 372 g/mol. The molecular formula is C23H49NO2. The first-order valence-corrected chi connectivity index (χ1v) is 11.8. The molecule has 0 bridgehead atoms. The third-order valence-electron chi connectivity index (χ3n) is 5.42. The maximum absolute atomic E-state index is 9.24. The lowest BCUT2D eigenvalue weighted by Gasteiger charge is -2.15. The number of hydrogen-bond acceptors (Lipinski definition) is 3. The Hall–Kier alpha value is -0.120. The van der Waals surface area contributed by atoms with Gasteiger partial charge in [0.1, 0.15) is 0 Å². The van der Waals surface area contributed by atoms with Crippen molar-refractivity contribution < 1.29 is 10.2 Å². The fourth-order valence-electron chi connectivity index (χ4n) is 3.64. The van der Waals surface area contributed by atoms with E-state index in [1.54, 1.807) is 0 Å². The van der Waals surface area contributed by atoms with Gasteiger partial charge in [0.2, 0.25) is 0 Å². The van der Waals surface area contributed by atoms with Crippen molar-refractivity contribution in [3.63, 3.8) is 0 Å². The molecule has 0 aromatic carbocycles. The number of unbranched alkanes of at least 4 members (excludes halogenated alkanes) is 16. The van der Waals surface area contributed by atoms with Gasteiger partial charge in [-0.05, 0) is 6.42 Å². The minimum Gasteiger partial charge on any atom is -0.395 e. The van der Waals surface area contributed by atoms with Gasteiger partial charge in [0.05, 0.1) is 13.2 Å². The molecule has 0 aliphatic rings. The first-order chi connectivity index (χ1) is 12.8. The van der Waals surface area contributed by atoms with Crippen LogP contribution in [0.5, 0.6) is 0 Å². The zero-order valence-corrected chi connectivity index (χ0v) is 17.8. The summed E-state index contributed by atoms with van der Waals surface area (Å²) in [7, 11) is 0. The minimum absolute atomic E-state index is 0.148. The number of hydrogen-bond donors (Lipinski definition) is 3. The Morgan fingerprint density at radius 1 is 0.577 bits per heavy atom. The summed E-state index contributed by atoms with van der Waals surface area (Å²) in [4.78, 5) is 0. The van der Waals surface area contributed by atoms with Crippen molar-refractivity contribution in [2.75, 3.05) is 19.8 Å². The van der Waals surface area contributed by atoms with Crippen LogP contribution in [0.3, 0.4) is 0 Å². The molecular weight excluding hydrogens is 322 g/mol. The predicted molar refractivity (Wildman–Crippen MR) is 115 cm³/mol. The lowest BCUT2D eigenvalue weighted by Crippen LogP contribution is -2.34. The summed E-state index contributed by atoms with van der Waals surface area (Å²) in [6, 6.07) is 0.165. The highest BCUT2D eigenvalue weighted by Gasteiger charge is 2.05. The number of rotatable bonds is 22. The fraction of sp³-hybridized carbons (Fsp3) is 1.00. The monoisotopic (exact) mass is 371 g/mol. The molecule has 0 rings (SSSR count). The molecule has 158 valence electrons. The van der Waals surface area contributed by atoms with Crippen LogP contribution in [0, 0.1) is 0 Å². The van der Waals surface area contributed by atoms with Crippen LogP contribution in [0.15, 0.2) is 0 Å². The summed E-state index contributed by atoms with van der Waals surface area (Å²) in [5.41, 5.74) is 0. The standard InChI is InChI=1S/C23H49NO2/c1-2-3-4-5-6-7-8-9-10-11-12-13-14-15-16-17-18-19-23(22-26)24-20-21-25/h23-26H,2-22H2,1H3. The third kappa shape index (κ3) is 20.2. The van der Waals surface area contributed by atoms with Crippen LogP contribution >= 0.6 is 0 Å². The van der Waals surface area contributed by atoms with Crippen molar-refractivity contribution in [1.29, 1.82) is 0 Å². The van der Waals surface area contributed by atoms with E-state index < -0.39 is 0 Å². The highest BCUT2D eigenvalue weighted by molar-refractivity contribution is 4.65. The van der Waals surface area contributed by atoms with E-state index >= 15 is 0 Å². The van der Waals surface area contributed by atoms with Gasteiger partial charge in [-0.25, -0.2) is 0 Å². The topological polar surface area (TPSA) is 52.5 Å². The van der Waals surface area contributed by atoms with Crippen LogP contribution in [0.25, 0.3) is 0 Å². The van der Waals surface area contributed by atoms with Crippen LogP contribution in [0.4, 0.5) is 0 Å². The van der Waals surface area contributed by atoms with Gasteiger partial charge in [-0.3, -0.25) is 0 Å². The summed E-state index contributed by atoms with van der Waals surface area (Å²) < 4.78 is 0. The maximum Gasteiger partial charge on any atom is 0.0584 e. The van der Waals surface area contributed by atoms with Crippen LogP contribution < -0.4 is 5.32 Å². The molecule has 3 N–H and O–H groups in total. The van der Waals surface area contributed by atoms with Crippen LogP contribution in [-0.4, -0.2) is 36.0 Å². The summed E-state index contributed by atoms with van der Waals surface area (Å²) in [6.07, 6.45) is 24.8. The fourth-order valence-corrected chi connectivity index (χ4v) is 3.64. The predicted octanol–water partition coefficient (Wildman–Crippen LogP) is 5.97. The second-order valence-corrected chi connectivity index (χ2v) is 8.00. The molecule has 0 aromatic heterocycles. The lowest BCUT2D eigenvalue weighted by molar-refractivity contribution is 0.217. The quantitative estimate of drug-likeness (QED) is 0.205. The van der Waals surface area contributed by atoms with E-state index in [9.17, 15) is 5.11 Å². The van der Waals surface area contributed by atoms with E-state index in [1.807, 2.05) is 0 Å². The summed E-state index contributed by atoms with van der Waals surface area (Å²) >= 11 is 0. The van der Waals surface area contributed by atoms with Crippen molar-refractivity contribution >= 4 is 0 Å². The van der Waals surface area contributed by atoms with Crippen LogP contribution in [-0.2, 0) is 0 Å². The van der Waals surface area contributed by atoms with E-state index in [1.165, 1.54) is 109 Å². The average Bonchev–Trinajstić information content (AvgIpc) is 2.66. The van der Waals surface area contributed by atoms with Crippen molar-refractivity contribution in [1.82, 2.24) is 5.32 Å². The molecule has 0 amide bonds. The molecule has 1 atom stereocenters. The molecule has 0 saturated heterocycles. The Kier molecular flexibility index (Phi) is 22.8. The van der Waals surface area contributed by atoms with E-state index in [-0.39, 0.29) is 19.3 Å². The number of nitrogens with one attached hydrogen (secondary N) is 1. The summed E-state index contributed by atoms with van der Waals surface area (Å²) in [5, 5.41) is 21.2. The molecule has 1 unspecified atom stereocenters. The maximum atomic E-state index is 9.24. The molecule has 0 aromatic rings. The van der Waals surface area contributed by atoms with Gasteiger partial charge in [0.15, 0.2) is 0 Å². The summed E-state index contributed by atoms with van der Waals surface area (Å²) in [6.45, 7) is 3.20. The van der Waals surface area contributed by atoms with Gasteiger partial charge in [0, 0.05) is 12.6 Å². The zero-order chi connectivity index (χ0) is 19.1. The Bertz CT molecular complexity index is 248. The van der Waals surface area contributed by atoms with Crippen molar-refractivity contribution in [2.45, 2.75) is 129 Å². The number of aliphatic hydroxyl groups excluding tert-OH is 2. The van der Waals surface area contributed by atoms with Gasteiger partial charge in [-0.1, -0.05) is 116 Å².